The third kappa shape index (κ3) is 4.46. The summed E-state index contributed by atoms with van der Waals surface area (Å²) in [4.78, 5) is 2.25. The monoisotopic (exact) mass is 256 g/mol. The fourth-order valence-electron chi connectivity index (χ4n) is 1.85. The third-order valence-corrected chi connectivity index (χ3v) is 3.89. The molecule has 5 heteroatoms. The van der Waals surface area contributed by atoms with Crippen LogP contribution in [0.15, 0.2) is 35.2 Å². The normalized spacial score (nSPS) is 13.0. The molecule has 0 amide bonds. The van der Waals surface area contributed by atoms with Gasteiger partial charge in [-0.25, -0.2) is 13.1 Å². The second kappa shape index (κ2) is 5.16. The van der Waals surface area contributed by atoms with Crippen LogP contribution in [-0.4, -0.2) is 39.5 Å². The first-order chi connectivity index (χ1) is 7.73. The maximum absolute atomic E-state index is 12.1. The average molecular weight is 256 g/mol. The molecule has 0 saturated carbocycles. The SMILES string of the molecule is CN(C)CC(C)(C)NS(=O)(=O)c1ccccc1. The van der Waals surface area contributed by atoms with E-state index in [-0.39, 0.29) is 0 Å². The number of nitrogens with zero attached hydrogens (tertiary/aromatic N) is 1. The summed E-state index contributed by atoms with van der Waals surface area (Å²) in [5, 5.41) is 0. The number of hydrogen-bond acceptors (Lipinski definition) is 3. The first-order valence-corrected chi connectivity index (χ1v) is 6.95. The second-order valence-electron chi connectivity index (χ2n) is 5.04. The van der Waals surface area contributed by atoms with Crippen LogP contribution in [0.25, 0.3) is 0 Å². The number of nitrogens with one attached hydrogen (secondary N) is 1. The molecule has 0 atom stereocenters. The third-order valence-electron chi connectivity index (χ3n) is 2.18. The predicted molar refractivity (Wildman–Crippen MR) is 69.4 cm³/mol. The summed E-state index contributed by atoms with van der Waals surface area (Å²) in [6, 6.07) is 8.41. The molecule has 0 unspecified atom stereocenters. The number of likely N-dealkylation sites (N-methyl/N-ethyl adjacent to an activating group) is 1. The van der Waals surface area contributed by atoms with Crippen molar-refractivity contribution in [3.63, 3.8) is 0 Å². The molecule has 1 N–H and O–H groups in total. The predicted octanol–water partition coefficient (Wildman–Crippen LogP) is 1.31. The second-order valence-corrected chi connectivity index (χ2v) is 6.72. The molecule has 0 radical (unpaired) electrons. The molecule has 0 aliphatic heterocycles. The van der Waals surface area contributed by atoms with Crippen molar-refractivity contribution in [2.45, 2.75) is 24.3 Å². The van der Waals surface area contributed by atoms with Crippen molar-refractivity contribution in [1.29, 1.82) is 0 Å². The molecule has 0 bridgehead atoms. The summed E-state index contributed by atoms with van der Waals surface area (Å²) in [6.45, 7) is 4.38. The molecule has 0 aromatic heterocycles. The quantitative estimate of drug-likeness (QED) is 0.864. The van der Waals surface area contributed by atoms with E-state index < -0.39 is 15.6 Å². The molecule has 1 aromatic rings. The van der Waals surface area contributed by atoms with Crippen LogP contribution in [-0.2, 0) is 10.0 Å². The van der Waals surface area contributed by atoms with Crippen LogP contribution in [0, 0.1) is 0 Å². The molecule has 1 rings (SSSR count). The Balaban J connectivity index is 2.88. The Morgan fingerprint density at radius 2 is 1.71 bits per heavy atom. The summed E-state index contributed by atoms with van der Waals surface area (Å²) >= 11 is 0. The van der Waals surface area contributed by atoms with Gasteiger partial charge in [0.25, 0.3) is 0 Å². The molecule has 0 spiro atoms. The van der Waals surface area contributed by atoms with E-state index in [9.17, 15) is 8.42 Å². The van der Waals surface area contributed by atoms with Gasteiger partial charge in [0.2, 0.25) is 10.0 Å². The van der Waals surface area contributed by atoms with Gasteiger partial charge in [-0.1, -0.05) is 18.2 Å². The Kier molecular flexibility index (Phi) is 4.30. The topological polar surface area (TPSA) is 49.4 Å². The summed E-state index contributed by atoms with van der Waals surface area (Å²) in [5.74, 6) is 0. The summed E-state index contributed by atoms with van der Waals surface area (Å²) in [7, 11) is 0.390. The Morgan fingerprint density at radius 1 is 1.18 bits per heavy atom. The molecule has 0 aliphatic carbocycles. The number of benzene rings is 1. The zero-order valence-corrected chi connectivity index (χ0v) is 11.6. The van der Waals surface area contributed by atoms with Crippen molar-refractivity contribution in [2.24, 2.45) is 0 Å². The number of rotatable bonds is 5. The number of sulfonamides is 1. The van der Waals surface area contributed by atoms with Gasteiger partial charge in [-0.05, 0) is 40.1 Å². The van der Waals surface area contributed by atoms with E-state index in [1.165, 1.54) is 0 Å². The van der Waals surface area contributed by atoms with Crippen LogP contribution in [0.3, 0.4) is 0 Å². The van der Waals surface area contributed by atoms with Crippen LogP contribution < -0.4 is 4.72 Å². The van der Waals surface area contributed by atoms with Gasteiger partial charge in [-0.15, -0.1) is 0 Å². The lowest BCUT2D eigenvalue weighted by Crippen LogP contribution is -2.49. The lowest BCUT2D eigenvalue weighted by atomic mass is 10.1. The maximum atomic E-state index is 12.1. The van der Waals surface area contributed by atoms with Gasteiger partial charge in [-0.3, -0.25) is 0 Å². The van der Waals surface area contributed by atoms with Crippen molar-refractivity contribution in [1.82, 2.24) is 9.62 Å². The van der Waals surface area contributed by atoms with Gasteiger partial charge < -0.3 is 4.90 Å². The maximum Gasteiger partial charge on any atom is 0.241 e. The summed E-state index contributed by atoms with van der Waals surface area (Å²) < 4.78 is 26.9. The van der Waals surface area contributed by atoms with Gasteiger partial charge in [0.15, 0.2) is 0 Å². The Labute approximate surface area is 104 Å². The van der Waals surface area contributed by atoms with Crippen molar-refractivity contribution in [2.75, 3.05) is 20.6 Å². The van der Waals surface area contributed by atoms with E-state index >= 15 is 0 Å². The molecular weight excluding hydrogens is 236 g/mol. The molecule has 0 heterocycles. The van der Waals surface area contributed by atoms with Crippen molar-refractivity contribution < 1.29 is 8.42 Å². The highest BCUT2D eigenvalue weighted by Gasteiger charge is 2.26. The smallest absolute Gasteiger partial charge is 0.241 e. The van der Waals surface area contributed by atoms with Crippen molar-refractivity contribution >= 4 is 10.0 Å². The number of hydrogen-bond donors (Lipinski definition) is 1. The van der Waals surface area contributed by atoms with Gasteiger partial charge >= 0.3 is 0 Å². The fourth-order valence-corrected chi connectivity index (χ4v) is 3.27. The largest absolute Gasteiger partial charge is 0.308 e. The van der Waals surface area contributed by atoms with Gasteiger partial charge in [0, 0.05) is 12.1 Å². The minimum absolute atomic E-state index is 0.298. The highest BCUT2D eigenvalue weighted by molar-refractivity contribution is 7.89. The minimum atomic E-state index is -3.44. The van der Waals surface area contributed by atoms with Gasteiger partial charge in [-0.2, -0.15) is 0 Å². The Morgan fingerprint density at radius 3 is 2.18 bits per heavy atom. The van der Waals surface area contributed by atoms with Gasteiger partial charge in [0.05, 0.1) is 4.90 Å². The van der Waals surface area contributed by atoms with Crippen molar-refractivity contribution in [3.05, 3.63) is 30.3 Å². The van der Waals surface area contributed by atoms with Gasteiger partial charge in [0.1, 0.15) is 0 Å². The van der Waals surface area contributed by atoms with E-state index in [0.29, 0.717) is 11.4 Å². The average Bonchev–Trinajstić information content (AvgIpc) is 2.15. The molecular formula is C12H20N2O2S. The highest BCUT2D eigenvalue weighted by atomic mass is 32.2. The zero-order valence-electron chi connectivity index (χ0n) is 10.8. The van der Waals surface area contributed by atoms with E-state index in [2.05, 4.69) is 4.72 Å². The molecule has 0 saturated heterocycles. The van der Waals surface area contributed by atoms with E-state index in [1.54, 1.807) is 30.3 Å². The van der Waals surface area contributed by atoms with Crippen LogP contribution >= 0.6 is 0 Å². The van der Waals surface area contributed by atoms with Crippen LogP contribution in [0.4, 0.5) is 0 Å². The fraction of sp³-hybridized carbons (Fsp3) is 0.500. The van der Waals surface area contributed by atoms with E-state index in [4.69, 9.17) is 0 Å². The lowest BCUT2D eigenvalue weighted by Gasteiger charge is -2.29. The van der Waals surface area contributed by atoms with E-state index in [1.807, 2.05) is 32.8 Å². The van der Waals surface area contributed by atoms with Crippen LogP contribution in [0.5, 0.6) is 0 Å². The Bertz CT molecular complexity index is 453. The molecule has 96 valence electrons. The minimum Gasteiger partial charge on any atom is -0.308 e. The highest BCUT2D eigenvalue weighted by Crippen LogP contribution is 2.13. The van der Waals surface area contributed by atoms with Crippen molar-refractivity contribution in [3.8, 4) is 0 Å². The van der Waals surface area contributed by atoms with Crippen LogP contribution in [0.1, 0.15) is 13.8 Å². The van der Waals surface area contributed by atoms with Crippen LogP contribution in [0.2, 0.25) is 0 Å². The Hall–Kier alpha value is -0.910. The molecule has 4 nitrogen and oxygen atoms in total. The molecule has 0 aliphatic rings. The standard InChI is InChI=1S/C12H20N2O2S/c1-12(2,10-14(3)4)13-17(15,16)11-8-6-5-7-9-11/h5-9,13H,10H2,1-4H3. The first-order valence-electron chi connectivity index (χ1n) is 5.47. The lowest BCUT2D eigenvalue weighted by molar-refractivity contribution is 0.298. The molecule has 1 aromatic carbocycles. The first kappa shape index (κ1) is 14.2. The van der Waals surface area contributed by atoms with E-state index in [0.717, 1.165) is 0 Å². The zero-order chi connectivity index (χ0) is 13.1. The summed E-state index contributed by atoms with van der Waals surface area (Å²) in [6.07, 6.45) is 0. The molecule has 0 fully saturated rings. The summed E-state index contributed by atoms with van der Waals surface area (Å²) in [5.41, 5.74) is -0.502. The molecule has 17 heavy (non-hydrogen) atoms.